The summed E-state index contributed by atoms with van der Waals surface area (Å²) >= 11 is 0. The molecule has 0 aliphatic heterocycles. The molecule has 2 heterocycles. The van der Waals surface area contributed by atoms with E-state index in [0.29, 0.717) is 11.7 Å². The summed E-state index contributed by atoms with van der Waals surface area (Å²) in [5.74, 6) is 0.977. The number of pyridine rings is 1. The van der Waals surface area contributed by atoms with E-state index in [4.69, 9.17) is 10.3 Å². The third-order valence-electron chi connectivity index (χ3n) is 2.53. The summed E-state index contributed by atoms with van der Waals surface area (Å²) in [4.78, 5) is 8.50. The van der Waals surface area contributed by atoms with Crippen LogP contribution in [0.2, 0.25) is 0 Å². The fraction of sp³-hybridized carbons (Fsp3) is 0.0833. The van der Waals surface area contributed by atoms with Crippen LogP contribution in [0.4, 0.5) is 0 Å². The first kappa shape index (κ1) is 9.92. The van der Waals surface area contributed by atoms with Crippen molar-refractivity contribution in [3.63, 3.8) is 0 Å². The van der Waals surface area contributed by atoms with Crippen molar-refractivity contribution >= 4 is 10.9 Å². The van der Waals surface area contributed by atoms with Crippen molar-refractivity contribution < 1.29 is 4.52 Å². The molecule has 0 amide bonds. The van der Waals surface area contributed by atoms with Gasteiger partial charge in [0.25, 0.3) is 5.89 Å². The van der Waals surface area contributed by atoms with Crippen LogP contribution >= 0.6 is 0 Å². The van der Waals surface area contributed by atoms with E-state index in [0.717, 1.165) is 16.5 Å². The number of fused-ring (bicyclic) bond motifs is 1. The Labute approximate surface area is 97.3 Å². The van der Waals surface area contributed by atoms with Gasteiger partial charge >= 0.3 is 0 Å². The van der Waals surface area contributed by atoms with Crippen LogP contribution in [0, 0.1) is 0 Å². The standard InChI is InChI=1S/C12H10N4O/c13-7-11-15-12(17-16-11)9-3-1-5-10-8(9)4-2-6-14-10/h1-6H,7,13H2. The molecule has 3 rings (SSSR count). The lowest BCUT2D eigenvalue weighted by atomic mass is 10.1. The molecule has 5 nitrogen and oxygen atoms in total. The summed E-state index contributed by atoms with van der Waals surface area (Å²) < 4.78 is 5.18. The minimum absolute atomic E-state index is 0.270. The number of rotatable bonds is 2. The van der Waals surface area contributed by atoms with Crippen molar-refractivity contribution in [2.45, 2.75) is 6.54 Å². The minimum atomic E-state index is 0.270. The second-order valence-corrected chi connectivity index (χ2v) is 3.60. The van der Waals surface area contributed by atoms with Gasteiger partial charge in [0.05, 0.1) is 12.1 Å². The molecule has 84 valence electrons. The molecule has 17 heavy (non-hydrogen) atoms. The first-order valence-electron chi connectivity index (χ1n) is 5.25. The average molecular weight is 226 g/mol. The summed E-state index contributed by atoms with van der Waals surface area (Å²) in [5.41, 5.74) is 7.23. The summed E-state index contributed by atoms with van der Waals surface area (Å²) in [6, 6.07) is 9.64. The first-order chi connectivity index (χ1) is 8.38. The molecule has 0 aliphatic carbocycles. The van der Waals surface area contributed by atoms with Crippen molar-refractivity contribution in [2.75, 3.05) is 0 Å². The molecule has 0 fully saturated rings. The highest BCUT2D eigenvalue weighted by molar-refractivity contribution is 5.92. The van der Waals surface area contributed by atoms with Gasteiger partial charge in [-0.3, -0.25) is 4.98 Å². The first-order valence-corrected chi connectivity index (χ1v) is 5.25. The maximum Gasteiger partial charge on any atom is 0.258 e. The molecular formula is C12H10N4O. The molecule has 0 saturated heterocycles. The van der Waals surface area contributed by atoms with Crippen LogP contribution in [-0.2, 0) is 6.54 Å². The molecule has 1 aromatic carbocycles. The van der Waals surface area contributed by atoms with Crippen molar-refractivity contribution in [1.82, 2.24) is 15.1 Å². The predicted octanol–water partition coefficient (Wildman–Crippen LogP) is 1.74. The molecule has 2 aromatic heterocycles. The number of hydrogen-bond donors (Lipinski definition) is 1. The number of nitrogens with two attached hydrogens (primary N) is 1. The Balaban J connectivity index is 2.23. The SMILES string of the molecule is NCc1noc(-c2cccc3ncccc23)n1. The molecule has 0 atom stereocenters. The van der Waals surface area contributed by atoms with Gasteiger partial charge in [0.15, 0.2) is 5.82 Å². The molecule has 5 heteroatoms. The molecule has 3 aromatic rings. The second-order valence-electron chi connectivity index (χ2n) is 3.60. The molecule has 0 aliphatic rings. The van der Waals surface area contributed by atoms with E-state index in [2.05, 4.69) is 15.1 Å². The molecular weight excluding hydrogens is 216 g/mol. The van der Waals surface area contributed by atoms with Gasteiger partial charge < -0.3 is 10.3 Å². The molecule has 0 unspecified atom stereocenters. The van der Waals surface area contributed by atoms with Crippen LogP contribution in [0.1, 0.15) is 5.82 Å². The number of hydrogen-bond acceptors (Lipinski definition) is 5. The smallest absolute Gasteiger partial charge is 0.258 e. The Morgan fingerprint density at radius 2 is 2.12 bits per heavy atom. The van der Waals surface area contributed by atoms with Gasteiger partial charge in [-0.05, 0) is 18.2 Å². The summed E-state index contributed by atoms with van der Waals surface area (Å²) in [7, 11) is 0. The van der Waals surface area contributed by atoms with E-state index in [9.17, 15) is 0 Å². The molecule has 0 bridgehead atoms. The minimum Gasteiger partial charge on any atom is -0.334 e. The van der Waals surface area contributed by atoms with Crippen LogP contribution in [0.15, 0.2) is 41.1 Å². The van der Waals surface area contributed by atoms with Gasteiger partial charge in [-0.15, -0.1) is 0 Å². The zero-order valence-electron chi connectivity index (χ0n) is 9.00. The largest absolute Gasteiger partial charge is 0.334 e. The normalized spacial score (nSPS) is 10.9. The van der Waals surface area contributed by atoms with Gasteiger partial charge in [0.1, 0.15) is 0 Å². The number of nitrogens with zero attached hydrogens (tertiary/aromatic N) is 3. The Morgan fingerprint density at radius 1 is 1.18 bits per heavy atom. The zero-order chi connectivity index (χ0) is 11.7. The predicted molar refractivity (Wildman–Crippen MR) is 62.9 cm³/mol. The van der Waals surface area contributed by atoms with Gasteiger partial charge in [0.2, 0.25) is 0 Å². The maximum atomic E-state index is 5.46. The van der Waals surface area contributed by atoms with Gasteiger partial charge in [0, 0.05) is 17.1 Å². The topological polar surface area (TPSA) is 77.8 Å². The van der Waals surface area contributed by atoms with Crippen LogP contribution in [0.3, 0.4) is 0 Å². The lowest BCUT2D eigenvalue weighted by molar-refractivity contribution is 0.423. The third-order valence-corrected chi connectivity index (χ3v) is 2.53. The van der Waals surface area contributed by atoms with E-state index in [-0.39, 0.29) is 6.54 Å². The van der Waals surface area contributed by atoms with Gasteiger partial charge in [-0.2, -0.15) is 4.98 Å². The van der Waals surface area contributed by atoms with E-state index in [1.165, 1.54) is 0 Å². The Kier molecular flexibility index (Phi) is 2.31. The van der Waals surface area contributed by atoms with Crippen molar-refractivity contribution in [3.8, 4) is 11.5 Å². The Hall–Kier alpha value is -2.27. The van der Waals surface area contributed by atoms with Crippen molar-refractivity contribution in [3.05, 3.63) is 42.4 Å². The third kappa shape index (κ3) is 1.66. The van der Waals surface area contributed by atoms with Crippen molar-refractivity contribution in [1.29, 1.82) is 0 Å². The molecule has 2 N–H and O–H groups in total. The Bertz CT molecular complexity index is 657. The number of benzene rings is 1. The highest BCUT2D eigenvalue weighted by Crippen LogP contribution is 2.25. The molecule has 0 saturated carbocycles. The summed E-state index contributed by atoms with van der Waals surface area (Å²) in [6.45, 7) is 0.270. The molecule has 0 spiro atoms. The monoisotopic (exact) mass is 226 g/mol. The zero-order valence-corrected chi connectivity index (χ0v) is 9.00. The van der Waals surface area contributed by atoms with E-state index in [1.54, 1.807) is 6.20 Å². The quantitative estimate of drug-likeness (QED) is 0.720. The fourth-order valence-corrected chi connectivity index (χ4v) is 1.74. The second kappa shape index (κ2) is 3.95. The lowest BCUT2D eigenvalue weighted by Gasteiger charge is -2.00. The fourth-order valence-electron chi connectivity index (χ4n) is 1.74. The summed E-state index contributed by atoms with van der Waals surface area (Å²) in [5, 5.41) is 4.77. The highest BCUT2D eigenvalue weighted by Gasteiger charge is 2.10. The van der Waals surface area contributed by atoms with Crippen LogP contribution in [0.25, 0.3) is 22.4 Å². The van der Waals surface area contributed by atoms with Crippen LogP contribution in [-0.4, -0.2) is 15.1 Å². The maximum absolute atomic E-state index is 5.46. The van der Waals surface area contributed by atoms with Gasteiger partial charge in [-0.25, -0.2) is 0 Å². The average Bonchev–Trinajstić information content (AvgIpc) is 2.87. The number of aromatic nitrogens is 3. The van der Waals surface area contributed by atoms with E-state index in [1.807, 2.05) is 30.3 Å². The van der Waals surface area contributed by atoms with Gasteiger partial charge in [-0.1, -0.05) is 17.3 Å². The Morgan fingerprint density at radius 3 is 2.94 bits per heavy atom. The van der Waals surface area contributed by atoms with Crippen LogP contribution in [0.5, 0.6) is 0 Å². The van der Waals surface area contributed by atoms with E-state index < -0.39 is 0 Å². The summed E-state index contributed by atoms with van der Waals surface area (Å²) in [6.07, 6.45) is 1.76. The van der Waals surface area contributed by atoms with E-state index >= 15 is 0 Å². The van der Waals surface area contributed by atoms with Crippen LogP contribution < -0.4 is 5.73 Å². The molecule has 0 radical (unpaired) electrons. The lowest BCUT2D eigenvalue weighted by Crippen LogP contribution is -1.97. The van der Waals surface area contributed by atoms with Crippen molar-refractivity contribution in [2.24, 2.45) is 5.73 Å². The highest BCUT2D eigenvalue weighted by atomic mass is 16.5.